The second-order valence-corrected chi connectivity index (χ2v) is 4.45. The van der Waals surface area contributed by atoms with Crippen LogP contribution in [0.25, 0.3) is 0 Å². The Bertz CT molecular complexity index is 523. The van der Waals surface area contributed by atoms with Gasteiger partial charge in [-0.3, -0.25) is 0 Å². The van der Waals surface area contributed by atoms with Crippen molar-refractivity contribution in [1.82, 2.24) is 10.3 Å². The van der Waals surface area contributed by atoms with Crippen molar-refractivity contribution in [2.24, 2.45) is 0 Å². The van der Waals surface area contributed by atoms with Crippen LogP contribution in [-0.4, -0.2) is 12.0 Å². The standard InChI is InChI=1S/C15H19N3/c1-11-6-3-4-7-12(11)10-14(17-2)13-8-5-9-18-15(13)16/h3-9,14,17H,10H2,1-2H3,(H2,16,18). The van der Waals surface area contributed by atoms with Gasteiger partial charge in [0.1, 0.15) is 5.82 Å². The number of nitrogens with one attached hydrogen (secondary N) is 1. The summed E-state index contributed by atoms with van der Waals surface area (Å²) in [5, 5.41) is 3.31. The van der Waals surface area contributed by atoms with Crippen LogP contribution in [0.4, 0.5) is 5.82 Å². The molecular weight excluding hydrogens is 222 g/mol. The molecule has 0 bridgehead atoms. The van der Waals surface area contributed by atoms with E-state index in [0.717, 1.165) is 12.0 Å². The average molecular weight is 241 g/mol. The van der Waals surface area contributed by atoms with Crippen LogP contribution >= 0.6 is 0 Å². The van der Waals surface area contributed by atoms with E-state index in [9.17, 15) is 0 Å². The maximum absolute atomic E-state index is 5.94. The smallest absolute Gasteiger partial charge is 0.128 e. The Balaban J connectivity index is 2.26. The number of hydrogen-bond donors (Lipinski definition) is 2. The lowest BCUT2D eigenvalue weighted by atomic mass is 9.96. The lowest BCUT2D eigenvalue weighted by Gasteiger charge is -2.19. The van der Waals surface area contributed by atoms with Gasteiger partial charge in [0, 0.05) is 17.8 Å². The van der Waals surface area contributed by atoms with Gasteiger partial charge in [-0.25, -0.2) is 4.98 Å². The highest BCUT2D eigenvalue weighted by Crippen LogP contribution is 2.23. The molecule has 1 aromatic heterocycles. The van der Waals surface area contributed by atoms with Crippen LogP contribution in [0.15, 0.2) is 42.6 Å². The first-order valence-corrected chi connectivity index (χ1v) is 6.14. The minimum atomic E-state index is 0.194. The number of pyridine rings is 1. The van der Waals surface area contributed by atoms with Gasteiger partial charge in [-0.2, -0.15) is 0 Å². The normalized spacial score (nSPS) is 12.3. The number of nitrogen functional groups attached to an aromatic ring is 1. The molecule has 0 aliphatic rings. The van der Waals surface area contributed by atoms with E-state index in [0.29, 0.717) is 5.82 Å². The third-order valence-corrected chi connectivity index (χ3v) is 3.28. The molecule has 0 saturated heterocycles. The monoisotopic (exact) mass is 241 g/mol. The third kappa shape index (κ3) is 2.68. The summed E-state index contributed by atoms with van der Waals surface area (Å²) in [5.41, 5.74) is 9.64. The van der Waals surface area contributed by atoms with Gasteiger partial charge in [0.05, 0.1) is 0 Å². The molecule has 0 amide bonds. The fraction of sp³-hybridized carbons (Fsp3) is 0.267. The van der Waals surface area contributed by atoms with Crippen molar-refractivity contribution in [2.45, 2.75) is 19.4 Å². The summed E-state index contributed by atoms with van der Waals surface area (Å²) in [4.78, 5) is 4.15. The Hall–Kier alpha value is -1.87. The predicted molar refractivity (Wildman–Crippen MR) is 75.3 cm³/mol. The summed E-state index contributed by atoms with van der Waals surface area (Å²) in [6.45, 7) is 2.13. The van der Waals surface area contributed by atoms with E-state index in [2.05, 4.69) is 41.5 Å². The molecule has 0 fully saturated rings. The van der Waals surface area contributed by atoms with Gasteiger partial charge in [0.15, 0.2) is 0 Å². The highest BCUT2D eigenvalue weighted by molar-refractivity contribution is 5.42. The Morgan fingerprint density at radius 2 is 2.00 bits per heavy atom. The van der Waals surface area contributed by atoms with Gasteiger partial charge in [0.2, 0.25) is 0 Å². The molecule has 2 rings (SSSR count). The van der Waals surface area contributed by atoms with Crippen molar-refractivity contribution in [3.8, 4) is 0 Å². The Labute approximate surface area is 108 Å². The molecule has 1 heterocycles. The topological polar surface area (TPSA) is 50.9 Å². The molecule has 3 N–H and O–H groups in total. The van der Waals surface area contributed by atoms with E-state index < -0.39 is 0 Å². The Morgan fingerprint density at radius 1 is 1.22 bits per heavy atom. The van der Waals surface area contributed by atoms with Gasteiger partial charge < -0.3 is 11.1 Å². The van der Waals surface area contributed by atoms with E-state index in [1.165, 1.54) is 11.1 Å². The molecular formula is C15H19N3. The number of rotatable bonds is 4. The van der Waals surface area contributed by atoms with Gasteiger partial charge in [-0.05, 0) is 37.6 Å². The largest absolute Gasteiger partial charge is 0.383 e. The zero-order chi connectivity index (χ0) is 13.0. The molecule has 1 atom stereocenters. The number of benzene rings is 1. The first-order chi connectivity index (χ1) is 8.72. The molecule has 1 unspecified atom stereocenters. The fourth-order valence-electron chi connectivity index (χ4n) is 2.15. The quantitative estimate of drug-likeness (QED) is 0.864. The third-order valence-electron chi connectivity index (χ3n) is 3.28. The molecule has 18 heavy (non-hydrogen) atoms. The molecule has 0 aliphatic carbocycles. The van der Waals surface area contributed by atoms with Gasteiger partial charge in [0.25, 0.3) is 0 Å². The van der Waals surface area contributed by atoms with Crippen molar-refractivity contribution >= 4 is 5.82 Å². The van der Waals surface area contributed by atoms with Gasteiger partial charge >= 0.3 is 0 Å². The van der Waals surface area contributed by atoms with Crippen molar-refractivity contribution in [1.29, 1.82) is 0 Å². The van der Waals surface area contributed by atoms with E-state index in [1.807, 2.05) is 19.2 Å². The maximum atomic E-state index is 5.94. The zero-order valence-corrected chi connectivity index (χ0v) is 10.9. The number of anilines is 1. The Morgan fingerprint density at radius 3 is 2.67 bits per heavy atom. The summed E-state index contributed by atoms with van der Waals surface area (Å²) >= 11 is 0. The lowest BCUT2D eigenvalue weighted by molar-refractivity contribution is 0.590. The van der Waals surface area contributed by atoms with E-state index in [4.69, 9.17) is 5.73 Å². The molecule has 3 nitrogen and oxygen atoms in total. The number of aromatic nitrogens is 1. The van der Waals surface area contributed by atoms with E-state index in [-0.39, 0.29) is 6.04 Å². The molecule has 2 aromatic rings. The summed E-state index contributed by atoms with van der Waals surface area (Å²) in [6.07, 6.45) is 2.64. The molecule has 3 heteroatoms. The molecule has 0 spiro atoms. The summed E-state index contributed by atoms with van der Waals surface area (Å²) in [7, 11) is 1.95. The number of likely N-dealkylation sites (N-methyl/N-ethyl adjacent to an activating group) is 1. The van der Waals surface area contributed by atoms with Crippen molar-refractivity contribution < 1.29 is 0 Å². The van der Waals surface area contributed by atoms with Gasteiger partial charge in [-0.1, -0.05) is 30.3 Å². The summed E-state index contributed by atoms with van der Waals surface area (Å²) in [5.74, 6) is 0.602. The zero-order valence-electron chi connectivity index (χ0n) is 10.9. The molecule has 0 saturated carbocycles. The lowest BCUT2D eigenvalue weighted by Crippen LogP contribution is -2.20. The summed E-state index contributed by atoms with van der Waals surface area (Å²) in [6, 6.07) is 12.6. The second kappa shape index (κ2) is 5.65. The minimum absolute atomic E-state index is 0.194. The number of hydrogen-bond acceptors (Lipinski definition) is 3. The van der Waals surface area contributed by atoms with Crippen molar-refractivity contribution in [2.75, 3.05) is 12.8 Å². The van der Waals surface area contributed by atoms with E-state index in [1.54, 1.807) is 6.20 Å². The van der Waals surface area contributed by atoms with Crippen LogP contribution in [-0.2, 0) is 6.42 Å². The predicted octanol–water partition coefficient (Wildman–Crippen LogP) is 2.48. The number of aryl methyl sites for hydroxylation is 1. The Kier molecular flexibility index (Phi) is 3.95. The van der Waals surface area contributed by atoms with Crippen LogP contribution < -0.4 is 11.1 Å². The second-order valence-electron chi connectivity index (χ2n) is 4.45. The van der Waals surface area contributed by atoms with Crippen molar-refractivity contribution in [3.05, 3.63) is 59.3 Å². The van der Waals surface area contributed by atoms with Crippen LogP contribution in [0.5, 0.6) is 0 Å². The average Bonchev–Trinajstić information content (AvgIpc) is 2.39. The summed E-state index contributed by atoms with van der Waals surface area (Å²) < 4.78 is 0. The maximum Gasteiger partial charge on any atom is 0.128 e. The first-order valence-electron chi connectivity index (χ1n) is 6.14. The SMILES string of the molecule is CNC(Cc1ccccc1C)c1cccnc1N. The molecule has 0 aliphatic heterocycles. The van der Waals surface area contributed by atoms with Crippen molar-refractivity contribution in [3.63, 3.8) is 0 Å². The number of nitrogens with two attached hydrogens (primary N) is 1. The van der Waals surface area contributed by atoms with Gasteiger partial charge in [-0.15, -0.1) is 0 Å². The highest BCUT2D eigenvalue weighted by atomic mass is 14.9. The van der Waals surface area contributed by atoms with Crippen LogP contribution in [0.1, 0.15) is 22.7 Å². The molecule has 0 radical (unpaired) electrons. The van der Waals surface area contributed by atoms with Crippen LogP contribution in [0.2, 0.25) is 0 Å². The minimum Gasteiger partial charge on any atom is -0.383 e. The van der Waals surface area contributed by atoms with Crippen LogP contribution in [0.3, 0.4) is 0 Å². The molecule has 1 aromatic carbocycles. The van der Waals surface area contributed by atoms with Crippen LogP contribution in [0, 0.1) is 6.92 Å². The fourth-order valence-corrected chi connectivity index (χ4v) is 2.15. The molecule has 94 valence electrons. The van der Waals surface area contributed by atoms with E-state index >= 15 is 0 Å². The first kappa shape index (κ1) is 12.6. The number of nitrogens with zero attached hydrogens (tertiary/aromatic N) is 1. The highest BCUT2D eigenvalue weighted by Gasteiger charge is 2.14.